The minimum Gasteiger partial charge on any atom is -0.446 e. The van der Waals surface area contributed by atoms with Crippen LogP contribution in [0.25, 0.3) is 0 Å². The third-order valence-electron chi connectivity index (χ3n) is 1.60. The predicted molar refractivity (Wildman–Crippen MR) is 41.0 cm³/mol. The molecule has 1 aromatic rings. The third-order valence-corrected chi connectivity index (χ3v) is 1.60. The van der Waals surface area contributed by atoms with Crippen LogP contribution in [0.3, 0.4) is 0 Å². The van der Waals surface area contributed by atoms with Gasteiger partial charge in [0.05, 0.1) is 12.5 Å². The summed E-state index contributed by atoms with van der Waals surface area (Å²) in [6.07, 6.45) is 2.18. The Balaban J connectivity index is 2.73. The molecule has 0 fully saturated rings. The van der Waals surface area contributed by atoms with Crippen molar-refractivity contribution in [3.05, 3.63) is 12.2 Å². The first-order valence-electron chi connectivity index (χ1n) is 3.59. The largest absolute Gasteiger partial charge is 0.446 e. The minimum atomic E-state index is -0.0210. The molecule has 1 rings (SSSR count). The zero-order chi connectivity index (χ0) is 8.27. The highest BCUT2D eigenvalue weighted by Crippen LogP contribution is 2.18. The van der Waals surface area contributed by atoms with Crippen molar-refractivity contribution in [3.63, 3.8) is 0 Å². The molecule has 1 atom stereocenters. The molecule has 11 heavy (non-hydrogen) atoms. The van der Waals surface area contributed by atoms with E-state index >= 15 is 0 Å². The summed E-state index contributed by atoms with van der Waals surface area (Å²) in [5.74, 6) is 0.867. The Morgan fingerprint density at radius 2 is 2.55 bits per heavy atom. The monoisotopic (exact) mass is 156 g/mol. The van der Waals surface area contributed by atoms with Crippen LogP contribution >= 0.6 is 0 Å². The van der Waals surface area contributed by atoms with Gasteiger partial charge in [-0.05, 0) is 6.42 Å². The van der Waals surface area contributed by atoms with Crippen LogP contribution < -0.4 is 5.73 Å². The number of anilines is 1. The maximum absolute atomic E-state index is 8.85. The van der Waals surface area contributed by atoms with Crippen LogP contribution in [-0.4, -0.2) is 16.7 Å². The zero-order valence-electron chi connectivity index (χ0n) is 6.45. The lowest BCUT2D eigenvalue weighted by atomic mass is 10.1. The lowest BCUT2D eigenvalue weighted by Crippen LogP contribution is -2.02. The van der Waals surface area contributed by atoms with Gasteiger partial charge < -0.3 is 15.3 Å². The standard InChI is InChI=1S/C7H12N2O2/c1-2-5(3-10)7-9-6(8)4-11-7/h4-5,10H,2-3,8H2,1H3/t5-/m0/s1. The Labute approximate surface area is 65.0 Å². The first-order valence-corrected chi connectivity index (χ1v) is 3.59. The molecule has 0 saturated heterocycles. The first-order chi connectivity index (χ1) is 5.27. The maximum atomic E-state index is 8.85. The van der Waals surface area contributed by atoms with E-state index in [1.807, 2.05) is 6.92 Å². The Kier molecular flexibility index (Phi) is 2.48. The minimum absolute atomic E-state index is 0.0210. The summed E-state index contributed by atoms with van der Waals surface area (Å²) in [6.45, 7) is 2.01. The molecule has 62 valence electrons. The normalized spacial score (nSPS) is 13.3. The lowest BCUT2D eigenvalue weighted by Gasteiger charge is -2.04. The number of nitrogens with two attached hydrogens (primary N) is 1. The Hall–Kier alpha value is -1.03. The van der Waals surface area contributed by atoms with Crippen LogP contribution in [0.2, 0.25) is 0 Å². The van der Waals surface area contributed by atoms with Gasteiger partial charge in [0.15, 0.2) is 5.82 Å². The van der Waals surface area contributed by atoms with Gasteiger partial charge in [0, 0.05) is 0 Å². The van der Waals surface area contributed by atoms with Crippen LogP contribution in [0.1, 0.15) is 25.2 Å². The van der Waals surface area contributed by atoms with Crippen LogP contribution in [0.4, 0.5) is 5.82 Å². The summed E-state index contributed by atoms with van der Waals surface area (Å²) < 4.78 is 5.01. The van der Waals surface area contributed by atoms with Gasteiger partial charge in [-0.1, -0.05) is 6.92 Å². The number of aliphatic hydroxyl groups is 1. The van der Waals surface area contributed by atoms with Crippen molar-refractivity contribution in [1.82, 2.24) is 4.98 Å². The molecule has 0 spiro atoms. The van der Waals surface area contributed by atoms with Gasteiger partial charge >= 0.3 is 0 Å². The van der Waals surface area contributed by atoms with Crippen molar-refractivity contribution in [1.29, 1.82) is 0 Å². The fourth-order valence-electron chi connectivity index (χ4n) is 0.870. The van der Waals surface area contributed by atoms with E-state index in [1.54, 1.807) is 0 Å². The first kappa shape index (κ1) is 8.07. The molecule has 0 aliphatic carbocycles. The third kappa shape index (κ3) is 1.71. The average Bonchev–Trinajstić information content (AvgIpc) is 2.39. The molecule has 1 aromatic heterocycles. The second kappa shape index (κ2) is 3.39. The lowest BCUT2D eigenvalue weighted by molar-refractivity contribution is 0.241. The summed E-state index contributed by atoms with van der Waals surface area (Å²) >= 11 is 0. The van der Waals surface area contributed by atoms with Crippen LogP contribution in [0.15, 0.2) is 10.7 Å². The van der Waals surface area contributed by atoms with E-state index in [2.05, 4.69) is 4.98 Å². The highest BCUT2D eigenvalue weighted by Gasteiger charge is 2.13. The van der Waals surface area contributed by atoms with Gasteiger partial charge in [0.25, 0.3) is 0 Å². The van der Waals surface area contributed by atoms with Crippen molar-refractivity contribution in [2.75, 3.05) is 12.3 Å². The van der Waals surface area contributed by atoms with Crippen LogP contribution in [0.5, 0.6) is 0 Å². The topological polar surface area (TPSA) is 72.3 Å². The molecule has 0 aliphatic heterocycles. The van der Waals surface area contributed by atoms with Gasteiger partial charge in [0.1, 0.15) is 6.26 Å². The molecule has 0 amide bonds. The van der Waals surface area contributed by atoms with E-state index in [-0.39, 0.29) is 12.5 Å². The fraction of sp³-hybridized carbons (Fsp3) is 0.571. The van der Waals surface area contributed by atoms with Crippen LogP contribution in [-0.2, 0) is 0 Å². The molecule has 4 nitrogen and oxygen atoms in total. The molecule has 1 heterocycles. The highest BCUT2D eigenvalue weighted by atomic mass is 16.3. The molecule has 3 N–H and O–H groups in total. The van der Waals surface area contributed by atoms with Crippen LogP contribution in [0, 0.1) is 0 Å². The quantitative estimate of drug-likeness (QED) is 0.677. The maximum Gasteiger partial charge on any atom is 0.201 e. The van der Waals surface area contributed by atoms with Crippen molar-refractivity contribution < 1.29 is 9.52 Å². The highest BCUT2D eigenvalue weighted by molar-refractivity contribution is 5.22. The summed E-state index contributed by atoms with van der Waals surface area (Å²) in [4.78, 5) is 3.90. The zero-order valence-corrected chi connectivity index (χ0v) is 6.45. The number of oxazole rings is 1. The molecular weight excluding hydrogens is 144 g/mol. The molecule has 0 aromatic carbocycles. The summed E-state index contributed by atoms with van der Waals surface area (Å²) in [6, 6.07) is 0. The number of aromatic nitrogens is 1. The van der Waals surface area contributed by atoms with Crippen molar-refractivity contribution in [3.8, 4) is 0 Å². The molecule has 0 unspecified atom stereocenters. The van der Waals surface area contributed by atoms with Crippen molar-refractivity contribution >= 4 is 5.82 Å². The fourth-order valence-corrected chi connectivity index (χ4v) is 0.870. The molecule has 4 heteroatoms. The van der Waals surface area contributed by atoms with Gasteiger partial charge in [-0.25, -0.2) is 0 Å². The molecule has 0 radical (unpaired) electrons. The average molecular weight is 156 g/mol. The molecule has 0 bridgehead atoms. The van der Waals surface area contributed by atoms with E-state index in [0.29, 0.717) is 11.7 Å². The number of hydrogen-bond acceptors (Lipinski definition) is 4. The molecule has 0 saturated carbocycles. The number of aliphatic hydroxyl groups excluding tert-OH is 1. The smallest absolute Gasteiger partial charge is 0.201 e. The Bertz CT molecular complexity index is 218. The number of nitrogen functional groups attached to an aromatic ring is 1. The van der Waals surface area contributed by atoms with E-state index in [1.165, 1.54) is 6.26 Å². The van der Waals surface area contributed by atoms with Crippen molar-refractivity contribution in [2.45, 2.75) is 19.3 Å². The Morgan fingerprint density at radius 3 is 2.91 bits per heavy atom. The van der Waals surface area contributed by atoms with E-state index in [0.717, 1.165) is 6.42 Å². The van der Waals surface area contributed by atoms with E-state index < -0.39 is 0 Å². The molecule has 0 aliphatic rings. The van der Waals surface area contributed by atoms with Gasteiger partial charge in [-0.15, -0.1) is 0 Å². The van der Waals surface area contributed by atoms with Gasteiger partial charge in [-0.2, -0.15) is 4.98 Å². The van der Waals surface area contributed by atoms with Crippen molar-refractivity contribution in [2.24, 2.45) is 0 Å². The number of rotatable bonds is 3. The Morgan fingerprint density at radius 1 is 1.82 bits per heavy atom. The summed E-state index contributed by atoms with van der Waals surface area (Å²) in [5.41, 5.74) is 5.34. The molecular formula is C7H12N2O2. The number of hydrogen-bond donors (Lipinski definition) is 2. The summed E-state index contributed by atoms with van der Waals surface area (Å²) in [5, 5.41) is 8.85. The SMILES string of the molecule is CC[C@@H](CO)c1nc(N)co1. The van der Waals surface area contributed by atoms with Gasteiger partial charge in [0.2, 0.25) is 5.89 Å². The van der Waals surface area contributed by atoms with E-state index in [9.17, 15) is 0 Å². The second-order valence-corrected chi connectivity index (χ2v) is 2.40. The van der Waals surface area contributed by atoms with E-state index in [4.69, 9.17) is 15.3 Å². The summed E-state index contributed by atoms with van der Waals surface area (Å²) in [7, 11) is 0. The predicted octanol–water partition coefficient (Wildman–Crippen LogP) is 0.743. The number of nitrogens with zero attached hydrogens (tertiary/aromatic N) is 1. The van der Waals surface area contributed by atoms with Gasteiger partial charge in [-0.3, -0.25) is 0 Å². The second-order valence-electron chi connectivity index (χ2n) is 2.40.